The van der Waals surface area contributed by atoms with Crippen molar-refractivity contribution in [2.45, 2.75) is 27.7 Å². The van der Waals surface area contributed by atoms with Crippen LogP contribution >= 0.6 is 7.60 Å². The molecular weight excluding hydrogens is 459 g/mol. The van der Waals surface area contributed by atoms with Crippen molar-refractivity contribution in [2.24, 2.45) is 0 Å². The zero-order chi connectivity index (χ0) is 26.4. The summed E-state index contributed by atoms with van der Waals surface area (Å²) in [4.78, 5) is 10.2. The molecule has 7 heteroatoms. The molecule has 0 atom stereocenters. The van der Waals surface area contributed by atoms with Gasteiger partial charge in [-0.1, -0.05) is 66.7 Å². The van der Waals surface area contributed by atoms with Crippen LogP contribution < -0.4 is 0 Å². The molecular formula is C28H33N2O4P. The second kappa shape index (κ2) is 19.9. The Morgan fingerprint density at radius 2 is 1.31 bits per heavy atom. The normalized spacial score (nSPS) is 11.3. The van der Waals surface area contributed by atoms with E-state index in [4.69, 9.17) is 19.6 Å². The lowest BCUT2D eigenvalue weighted by Gasteiger charge is -2.12. The van der Waals surface area contributed by atoms with E-state index in [-0.39, 0.29) is 6.16 Å². The topological polar surface area (TPSA) is 100 Å². The van der Waals surface area contributed by atoms with Crippen LogP contribution in [0.1, 0.15) is 38.8 Å². The van der Waals surface area contributed by atoms with E-state index in [0.717, 1.165) is 28.6 Å². The summed E-state index contributed by atoms with van der Waals surface area (Å²) in [5.41, 5.74) is 4.05. The van der Waals surface area contributed by atoms with Crippen molar-refractivity contribution >= 4 is 26.0 Å². The molecule has 0 saturated heterocycles. The van der Waals surface area contributed by atoms with Crippen molar-refractivity contribution in [3.05, 3.63) is 95.1 Å². The maximum absolute atomic E-state index is 11.3. The smallest absolute Gasteiger partial charge is 0.308 e. The molecule has 6 nitrogen and oxygen atoms in total. The zero-order valence-corrected chi connectivity index (χ0v) is 21.7. The third-order valence-electron chi connectivity index (χ3n) is 3.91. The number of rotatable bonds is 9. The van der Waals surface area contributed by atoms with E-state index in [2.05, 4.69) is 0 Å². The summed E-state index contributed by atoms with van der Waals surface area (Å²) in [7, 11) is -3.08. The molecule has 184 valence electrons. The van der Waals surface area contributed by atoms with Gasteiger partial charge in [0.25, 0.3) is 0 Å². The van der Waals surface area contributed by atoms with Gasteiger partial charge in [-0.25, -0.2) is 0 Å². The van der Waals surface area contributed by atoms with E-state index in [9.17, 15) is 9.36 Å². The predicted molar refractivity (Wildman–Crippen MR) is 142 cm³/mol. The number of carbonyl (C=O) groups is 1. The van der Waals surface area contributed by atoms with E-state index in [1.807, 2.05) is 85.8 Å². The summed E-state index contributed by atoms with van der Waals surface area (Å²) in [5, 5.41) is 16.6. The molecule has 0 aliphatic rings. The van der Waals surface area contributed by atoms with E-state index >= 15 is 0 Å². The van der Waals surface area contributed by atoms with Gasteiger partial charge in [-0.3, -0.25) is 9.36 Å². The number of benzene rings is 2. The summed E-state index contributed by atoms with van der Waals surface area (Å²) in [6.45, 7) is 7.80. The molecule has 0 amide bonds. The standard InChI is InChI=1S/C12H11N.C10H10O.C6H12NO3P/c1-11(6-5-9-13)10-12-7-3-2-4-8-12;1-9(8-11)7-10-5-3-2-4-6-10;1-3-9-11(8,6-5-7)10-4-2/h2-8,10H,1H3;2-8H,1H3;3-4,6H2,1-2H3/b6-5+,11-10+;9-7+;. The Morgan fingerprint density at radius 3 is 1.69 bits per heavy atom. The minimum atomic E-state index is -3.08. The molecule has 0 saturated carbocycles. The van der Waals surface area contributed by atoms with Gasteiger partial charge in [0.15, 0.2) is 0 Å². The van der Waals surface area contributed by atoms with E-state index in [1.165, 1.54) is 6.08 Å². The number of hydrogen-bond acceptors (Lipinski definition) is 6. The van der Waals surface area contributed by atoms with Crippen molar-refractivity contribution < 1.29 is 18.4 Å². The fraction of sp³-hybridized carbons (Fsp3) is 0.250. The molecule has 2 aromatic carbocycles. The molecule has 0 aromatic heterocycles. The summed E-state index contributed by atoms with van der Waals surface area (Å²) < 4.78 is 21.0. The number of allylic oxidation sites excluding steroid dienone is 4. The number of hydrogen-bond donors (Lipinski definition) is 0. The highest BCUT2D eigenvalue weighted by Crippen LogP contribution is 2.47. The second-order valence-electron chi connectivity index (χ2n) is 6.94. The van der Waals surface area contributed by atoms with Gasteiger partial charge < -0.3 is 9.05 Å². The third kappa shape index (κ3) is 16.7. The summed E-state index contributed by atoms with van der Waals surface area (Å²) in [5.74, 6) is 0. The zero-order valence-electron chi connectivity index (χ0n) is 20.8. The van der Waals surface area contributed by atoms with Crippen LogP contribution in [0.3, 0.4) is 0 Å². The average Bonchev–Trinajstić information content (AvgIpc) is 2.85. The SMILES string of the molecule is C/C(C=O)=C\c1ccccc1.CC(/C=C/C#N)=C\c1ccccc1.CCOP(=O)(CC#N)OCC. The number of nitrogens with zero attached hydrogens (tertiary/aromatic N) is 2. The minimum Gasteiger partial charge on any atom is -0.308 e. The highest BCUT2D eigenvalue weighted by molar-refractivity contribution is 7.54. The van der Waals surface area contributed by atoms with E-state index < -0.39 is 7.60 Å². The van der Waals surface area contributed by atoms with Gasteiger partial charge in [-0.15, -0.1) is 0 Å². The van der Waals surface area contributed by atoms with Crippen LogP contribution in [0.25, 0.3) is 12.2 Å². The van der Waals surface area contributed by atoms with Crippen LogP contribution in [0.4, 0.5) is 0 Å². The van der Waals surface area contributed by atoms with Crippen molar-refractivity contribution in [2.75, 3.05) is 19.4 Å². The van der Waals surface area contributed by atoms with Crippen LogP contribution in [-0.4, -0.2) is 25.7 Å². The largest absolute Gasteiger partial charge is 0.344 e. The summed E-state index contributed by atoms with van der Waals surface area (Å²) in [6.07, 6.45) is 7.85. The predicted octanol–water partition coefficient (Wildman–Crippen LogP) is 7.23. The monoisotopic (exact) mass is 492 g/mol. The molecule has 0 fully saturated rings. The molecule has 0 spiro atoms. The van der Waals surface area contributed by atoms with E-state index in [0.29, 0.717) is 13.2 Å². The first-order chi connectivity index (χ1) is 16.8. The highest BCUT2D eigenvalue weighted by atomic mass is 31.2. The molecule has 2 aromatic rings. The fourth-order valence-electron chi connectivity index (χ4n) is 2.48. The van der Waals surface area contributed by atoms with Gasteiger partial charge in [-0.2, -0.15) is 10.5 Å². The second-order valence-corrected chi connectivity index (χ2v) is 9.00. The first kappa shape index (κ1) is 31.5. The van der Waals surface area contributed by atoms with Gasteiger partial charge >= 0.3 is 7.60 Å². The number of aldehydes is 1. The van der Waals surface area contributed by atoms with Crippen LogP contribution in [0.2, 0.25) is 0 Å². The van der Waals surface area contributed by atoms with Gasteiger partial charge in [0.2, 0.25) is 0 Å². The Bertz CT molecular complexity index is 1070. The fourth-order valence-corrected chi connectivity index (χ4v) is 3.70. The Morgan fingerprint density at radius 1 is 0.857 bits per heavy atom. The Balaban J connectivity index is 0.000000498. The molecule has 35 heavy (non-hydrogen) atoms. The summed E-state index contributed by atoms with van der Waals surface area (Å²) in [6, 6.07) is 23.5. The van der Waals surface area contributed by atoms with Crippen LogP contribution in [0, 0.1) is 22.7 Å². The third-order valence-corrected chi connectivity index (χ3v) is 5.74. The molecule has 0 aliphatic carbocycles. The Labute approximate surface area is 209 Å². The Hall–Kier alpha value is -3.54. The molecule has 2 rings (SSSR count). The van der Waals surface area contributed by atoms with Gasteiger partial charge in [-0.05, 0) is 62.1 Å². The first-order valence-corrected chi connectivity index (χ1v) is 12.8. The summed E-state index contributed by atoms with van der Waals surface area (Å²) >= 11 is 0. The van der Waals surface area contributed by atoms with Crippen LogP contribution in [0.5, 0.6) is 0 Å². The van der Waals surface area contributed by atoms with E-state index in [1.54, 1.807) is 32.9 Å². The van der Waals surface area contributed by atoms with Gasteiger partial charge in [0.05, 0.1) is 25.4 Å². The van der Waals surface area contributed by atoms with Gasteiger partial charge in [0.1, 0.15) is 12.4 Å². The molecule has 0 unspecified atom stereocenters. The molecule has 0 N–H and O–H groups in total. The number of nitriles is 2. The maximum atomic E-state index is 11.3. The van der Waals surface area contributed by atoms with Crippen molar-refractivity contribution in [3.8, 4) is 12.1 Å². The minimum absolute atomic E-state index is 0.172. The Kier molecular flexibility index (Phi) is 17.9. The van der Waals surface area contributed by atoms with Gasteiger partial charge in [0, 0.05) is 6.08 Å². The quantitative estimate of drug-likeness (QED) is 0.120. The molecule has 0 aliphatic heterocycles. The lowest BCUT2D eigenvalue weighted by Crippen LogP contribution is -1.98. The van der Waals surface area contributed by atoms with Crippen molar-refractivity contribution in [3.63, 3.8) is 0 Å². The molecule has 0 bridgehead atoms. The molecule has 0 heterocycles. The first-order valence-electron chi connectivity index (χ1n) is 11.1. The maximum Gasteiger partial charge on any atom is 0.344 e. The lowest BCUT2D eigenvalue weighted by molar-refractivity contribution is -0.104. The van der Waals surface area contributed by atoms with Crippen molar-refractivity contribution in [1.29, 1.82) is 10.5 Å². The number of carbonyl (C=O) groups excluding carboxylic acids is 1. The molecule has 0 radical (unpaired) electrons. The van der Waals surface area contributed by atoms with Crippen LogP contribution in [0.15, 0.2) is 84.0 Å². The van der Waals surface area contributed by atoms with Crippen LogP contribution in [-0.2, 0) is 18.4 Å². The lowest BCUT2D eigenvalue weighted by atomic mass is 10.1. The average molecular weight is 493 g/mol. The highest BCUT2D eigenvalue weighted by Gasteiger charge is 2.22. The van der Waals surface area contributed by atoms with Crippen molar-refractivity contribution in [1.82, 2.24) is 0 Å².